The van der Waals surface area contributed by atoms with Gasteiger partial charge in [0.25, 0.3) is 0 Å². The Balaban J connectivity index is 1.64. The largest absolute Gasteiger partial charge is 0.325 e. The van der Waals surface area contributed by atoms with Crippen LogP contribution >= 0.6 is 23.4 Å². The average molecular weight is 490 g/mol. The Bertz CT molecular complexity index is 1740. The zero-order chi connectivity index (χ0) is 23.7. The predicted molar refractivity (Wildman–Crippen MR) is 150 cm³/mol. The molecule has 0 atom stereocenters. The molecule has 1 aliphatic rings. The molecule has 0 bridgehead atoms. The van der Waals surface area contributed by atoms with E-state index in [0.29, 0.717) is 0 Å². The van der Waals surface area contributed by atoms with Gasteiger partial charge in [-0.15, -0.1) is 11.3 Å². The zero-order valence-corrected chi connectivity index (χ0v) is 21.1. The molecule has 1 N–H and O–H groups in total. The van der Waals surface area contributed by atoms with E-state index in [1.54, 1.807) is 11.3 Å². The van der Waals surface area contributed by atoms with Gasteiger partial charge in [0.1, 0.15) is 5.00 Å². The highest BCUT2D eigenvalue weighted by Crippen LogP contribution is 2.52. The Morgan fingerprint density at radius 2 is 1.34 bits per heavy atom. The van der Waals surface area contributed by atoms with Crippen LogP contribution in [0.25, 0.3) is 49.1 Å². The average Bonchev–Trinajstić information content (AvgIpc) is 3.48. The minimum Gasteiger partial charge on any atom is -0.325 e. The Kier molecular flexibility index (Phi) is 4.56. The highest BCUT2D eigenvalue weighted by atomic mass is 32.2. The van der Waals surface area contributed by atoms with E-state index < -0.39 is 0 Å². The third-order valence-electron chi connectivity index (χ3n) is 7.41. The van der Waals surface area contributed by atoms with Crippen molar-refractivity contribution in [1.82, 2.24) is 4.57 Å². The molecule has 0 saturated carbocycles. The van der Waals surface area contributed by atoms with Crippen molar-refractivity contribution in [3.8, 4) is 27.3 Å². The van der Waals surface area contributed by atoms with Crippen LogP contribution in [0, 0.1) is 0 Å². The van der Waals surface area contributed by atoms with Crippen molar-refractivity contribution in [3.63, 3.8) is 0 Å². The molecule has 0 spiro atoms. The molecule has 0 saturated heterocycles. The number of hydrogen-bond donors (Lipinski definition) is 1. The molecular weight excluding hydrogens is 466 g/mol. The minimum absolute atomic E-state index is 0.185. The summed E-state index contributed by atoms with van der Waals surface area (Å²) in [6.07, 6.45) is 0. The first-order valence-corrected chi connectivity index (χ1v) is 13.3. The predicted octanol–water partition coefficient (Wildman–Crippen LogP) is 9.38. The molecule has 35 heavy (non-hydrogen) atoms. The van der Waals surface area contributed by atoms with Crippen LogP contribution in [-0.2, 0) is 5.41 Å². The second-order valence-corrected chi connectivity index (χ2v) is 11.6. The van der Waals surface area contributed by atoms with Crippen LogP contribution in [0.1, 0.15) is 25.0 Å². The first kappa shape index (κ1) is 21.0. The molecule has 2 nitrogen and oxygen atoms in total. The summed E-state index contributed by atoms with van der Waals surface area (Å²) >= 11 is 2.52. The lowest BCUT2D eigenvalue weighted by Gasteiger charge is -2.32. The molecule has 1 aliphatic heterocycles. The number of rotatable bonds is 3. The van der Waals surface area contributed by atoms with Gasteiger partial charge in [0.05, 0.1) is 15.2 Å². The van der Waals surface area contributed by atoms with Crippen LogP contribution in [-0.4, -0.2) is 9.12 Å². The summed E-state index contributed by atoms with van der Waals surface area (Å²) in [7, 11) is 0. The van der Waals surface area contributed by atoms with Crippen LogP contribution in [0.3, 0.4) is 0 Å². The summed E-state index contributed by atoms with van der Waals surface area (Å²) in [5.74, 6) is 0. The molecule has 0 unspecified atom stereocenters. The van der Waals surface area contributed by atoms with Crippen molar-refractivity contribution in [2.75, 3.05) is 0 Å². The lowest BCUT2D eigenvalue weighted by atomic mass is 9.75. The maximum atomic E-state index is 9.91. The van der Waals surface area contributed by atoms with Gasteiger partial charge in [0.2, 0.25) is 0 Å². The molecule has 3 heterocycles. The molecule has 0 amide bonds. The fraction of sp³-hybridized carbons (Fsp3) is 0.0968. The monoisotopic (exact) mass is 489 g/mol. The number of aromatic nitrogens is 1. The third-order valence-corrected chi connectivity index (χ3v) is 9.09. The topological polar surface area (TPSA) is 25.2 Å². The van der Waals surface area contributed by atoms with Gasteiger partial charge in [-0.2, -0.15) is 0 Å². The summed E-state index contributed by atoms with van der Waals surface area (Å²) in [6.45, 7) is 4.62. The number of hydrogen-bond acceptors (Lipinski definition) is 3. The Labute approximate surface area is 212 Å². The lowest BCUT2D eigenvalue weighted by molar-refractivity contribution is 0.633. The van der Waals surface area contributed by atoms with Gasteiger partial charge in [-0.1, -0.05) is 80.6 Å². The van der Waals surface area contributed by atoms with Gasteiger partial charge in [0.15, 0.2) is 0 Å². The third kappa shape index (κ3) is 3.00. The molecule has 170 valence electrons. The molecule has 0 aliphatic carbocycles. The first-order chi connectivity index (χ1) is 17.1. The molecular formula is C31H23NOS2. The van der Waals surface area contributed by atoms with Gasteiger partial charge in [-0.05, 0) is 63.7 Å². The first-order valence-electron chi connectivity index (χ1n) is 11.8. The van der Waals surface area contributed by atoms with Gasteiger partial charge < -0.3 is 9.12 Å². The fourth-order valence-electron chi connectivity index (χ4n) is 5.61. The van der Waals surface area contributed by atoms with E-state index in [4.69, 9.17) is 0 Å². The standard InChI is InChI=1S/C31H23NOS2/c1-31(2)25-17-22(20-11-7-4-8-12-20)16-24-23-15-21(19-9-5-3-6-10-19)13-14-27(23)32(29(24)25)30-26(31)18-28(34-30)35-33/h3-18,33H,1-2H3. The van der Waals surface area contributed by atoms with E-state index in [-0.39, 0.29) is 5.41 Å². The van der Waals surface area contributed by atoms with Gasteiger partial charge in [-0.3, -0.25) is 0 Å². The van der Waals surface area contributed by atoms with Crippen LogP contribution < -0.4 is 0 Å². The maximum absolute atomic E-state index is 9.91. The maximum Gasteiger partial charge on any atom is 0.105 e. The van der Waals surface area contributed by atoms with Crippen molar-refractivity contribution in [3.05, 3.63) is 108 Å². The van der Waals surface area contributed by atoms with E-state index in [0.717, 1.165) is 16.3 Å². The molecule has 7 rings (SSSR count). The fourth-order valence-corrected chi connectivity index (χ4v) is 7.23. The highest BCUT2D eigenvalue weighted by Gasteiger charge is 2.37. The molecule has 4 heteroatoms. The van der Waals surface area contributed by atoms with Crippen molar-refractivity contribution in [2.24, 2.45) is 0 Å². The highest BCUT2D eigenvalue weighted by molar-refractivity contribution is 7.95. The van der Waals surface area contributed by atoms with E-state index >= 15 is 0 Å². The Hall–Kier alpha value is -3.31. The second kappa shape index (κ2) is 7.59. The number of thiophene rings is 1. The summed E-state index contributed by atoms with van der Waals surface area (Å²) in [5, 5.41) is 3.74. The van der Waals surface area contributed by atoms with Crippen LogP contribution in [0.2, 0.25) is 0 Å². The number of benzene rings is 4. The van der Waals surface area contributed by atoms with Crippen molar-refractivity contribution in [1.29, 1.82) is 0 Å². The quantitative estimate of drug-likeness (QED) is 0.250. The van der Waals surface area contributed by atoms with E-state index in [9.17, 15) is 4.55 Å². The minimum atomic E-state index is -0.185. The van der Waals surface area contributed by atoms with Crippen LogP contribution in [0.15, 0.2) is 101 Å². The van der Waals surface area contributed by atoms with E-state index in [1.807, 2.05) is 0 Å². The molecule has 6 aromatic rings. The molecule has 2 aromatic heterocycles. The summed E-state index contributed by atoms with van der Waals surface area (Å²) < 4.78 is 13.3. The van der Waals surface area contributed by atoms with Gasteiger partial charge in [0, 0.05) is 28.2 Å². The SMILES string of the molecule is CC1(C)c2cc(SO)sc2-n2c3ccc(-c4ccccc4)cc3c3cc(-c4ccccc4)cc1c32. The van der Waals surface area contributed by atoms with Crippen LogP contribution in [0.5, 0.6) is 0 Å². The summed E-state index contributed by atoms with van der Waals surface area (Å²) in [5.41, 5.74) is 9.80. The normalized spacial score (nSPS) is 13.9. The summed E-state index contributed by atoms with van der Waals surface area (Å²) in [4.78, 5) is 0. The van der Waals surface area contributed by atoms with Crippen LogP contribution in [0.4, 0.5) is 0 Å². The molecule has 0 fully saturated rings. The second-order valence-electron chi connectivity index (χ2n) is 9.72. The molecule has 4 aromatic carbocycles. The number of fused-ring (bicyclic) bond motifs is 5. The van der Waals surface area contributed by atoms with Gasteiger partial charge in [-0.25, -0.2) is 0 Å². The zero-order valence-electron chi connectivity index (χ0n) is 19.4. The van der Waals surface area contributed by atoms with Gasteiger partial charge >= 0.3 is 0 Å². The van der Waals surface area contributed by atoms with Crippen molar-refractivity contribution in [2.45, 2.75) is 23.5 Å². The van der Waals surface area contributed by atoms with E-state index in [1.165, 1.54) is 60.2 Å². The Morgan fingerprint density at radius 1 is 0.686 bits per heavy atom. The van der Waals surface area contributed by atoms with Crippen molar-refractivity contribution >= 4 is 45.2 Å². The Morgan fingerprint density at radius 3 is 2.03 bits per heavy atom. The smallest absolute Gasteiger partial charge is 0.105 e. The summed E-state index contributed by atoms with van der Waals surface area (Å²) in [6, 6.07) is 35.0. The molecule has 0 radical (unpaired) electrons. The van der Waals surface area contributed by atoms with Crippen molar-refractivity contribution < 1.29 is 4.55 Å². The lowest BCUT2D eigenvalue weighted by Crippen LogP contribution is -2.24. The van der Waals surface area contributed by atoms with E-state index in [2.05, 4.69) is 115 Å². The number of nitrogens with zero attached hydrogens (tertiary/aromatic N) is 1.